The highest BCUT2D eigenvalue weighted by Gasteiger charge is 1.96. The molecule has 0 bridgehead atoms. The Morgan fingerprint density at radius 1 is 0.480 bits per heavy atom. The molecule has 2 aromatic rings. The van der Waals surface area contributed by atoms with E-state index < -0.39 is 0 Å². The molecule has 1 saturated heterocycles. The van der Waals surface area contributed by atoms with Crippen LogP contribution in [0.4, 0.5) is 0 Å². The predicted octanol–water partition coefficient (Wildman–Crippen LogP) is 7.01. The summed E-state index contributed by atoms with van der Waals surface area (Å²) in [6.45, 7) is 2.00. The molecule has 2 aromatic carbocycles. The number of benzene rings is 2. The number of hydrogen-bond donors (Lipinski definition) is 0. The molecule has 0 N–H and O–H groups in total. The van der Waals surface area contributed by atoms with E-state index in [9.17, 15) is 0 Å². The molecule has 25 heavy (non-hydrogen) atoms. The fraction of sp³-hybridized carbons (Fsp3) is 0.478. The van der Waals surface area contributed by atoms with E-state index in [1.54, 1.807) is 0 Å². The van der Waals surface area contributed by atoms with Gasteiger partial charge < -0.3 is 9.47 Å². The number of ether oxygens (including phenoxy) is 2. The first-order chi connectivity index (χ1) is 12.4. The van der Waals surface area contributed by atoms with Crippen molar-refractivity contribution in [2.45, 2.75) is 57.8 Å². The van der Waals surface area contributed by atoms with Gasteiger partial charge in [0.1, 0.15) is 11.5 Å². The van der Waals surface area contributed by atoms with Crippen LogP contribution >= 0.6 is 0 Å². The van der Waals surface area contributed by atoms with Crippen LogP contribution in [0.1, 0.15) is 57.8 Å². The molecule has 0 amide bonds. The summed E-state index contributed by atoms with van der Waals surface area (Å²) in [5, 5.41) is 0. The van der Waals surface area contributed by atoms with Crippen molar-refractivity contribution in [3.05, 3.63) is 60.7 Å². The molecule has 2 fully saturated rings. The maximum atomic E-state index is 5.58. The Balaban J connectivity index is 0.000000162. The van der Waals surface area contributed by atoms with Crippen LogP contribution < -0.4 is 4.74 Å². The fourth-order valence-corrected chi connectivity index (χ4v) is 2.70. The fourth-order valence-electron chi connectivity index (χ4n) is 2.70. The van der Waals surface area contributed by atoms with Crippen molar-refractivity contribution in [1.29, 1.82) is 0 Å². The van der Waals surface area contributed by atoms with Crippen LogP contribution in [0.2, 0.25) is 0 Å². The third kappa shape index (κ3) is 11.4. The molecular weight excluding hydrogens is 308 g/mol. The van der Waals surface area contributed by atoms with Crippen LogP contribution in [0.3, 0.4) is 0 Å². The zero-order chi connectivity index (χ0) is 17.4. The monoisotopic (exact) mass is 340 g/mol. The van der Waals surface area contributed by atoms with E-state index in [-0.39, 0.29) is 0 Å². The molecule has 136 valence electrons. The Kier molecular flexibility index (Phi) is 10.5. The Labute approximate surface area is 153 Å². The Morgan fingerprint density at radius 2 is 0.760 bits per heavy atom. The van der Waals surface area contributed by atoms with Crippen LogP contribution in [0.5, 0.6) is 11.5 Å². The van der Waals surface area contributed by atoms with Gasteiger partial charge in [-0.25, -0.2) is 0 Å². The van der Waals surface area contributed by atoms with Crippen LogP contribution in [-0.4, -0.2) is 13.2 Å². The first-order valence-corrected chi connectivity index (χ1v) is 9.81. The second-order valence-electron chi connectivity index (χ2n) is 6.52. The summed E-state index contributed by atoms with van der Waals surface area (Å²) in [5.41, 5.74) is 0. The van der Waals surface area contributed by atoms with Crippen LogP contribution in [0.15, 0.2) is 60.7 Å². The third-order valence-electron chi connectivity index (χ3n) is 4.18. The van der Waals surface area contributed by atoms with Crippen molar-refractivity contribution in [3.63, 3.8) is 0 Å². The topological polar surface area (TPSA) is 21.8 Å². The highest BCUT2D eigenvalue weighted by Crippen LogP contribution is 2.19. The van der Waals surface area contributed by atoms with Gasteiger partial charge in [-0.2, -0.15) is 0 Å². The van der Waals surface area contributed by atoms with Gasteiger partial charge in [-0.1, -0.05) is 94.2 Å². The molecule has 1 heterocycles. The molecule has 1 aliphatic carbocycles. The molecule has 0 atom stereocenters. The van der Waals surface area contributed by atoms with E-state index in [0.717, 1.165) is 24.7 Å². The Hall–Kier alpha value is -1.80. The lowest BCUT2D eigenvalue weighted by atomic mass is 10.1. The lowest BCUT2D eigenvalue weighted by molar-refractivity contribution is 0.475. The zero-order valence-electron chi connectivity index (χ0n) is 15.4. The SMILES string of the molecule is C1CCCCCCCC1.C1CO1.c1ccc(Oc2ccccc2)cc1. The molecule has 2 heteroatoms. The molecule has 4 rings (SSSR count). The highest BCUT2D eigenvalue weighted by molar-refractivity contribution is 5.30. The van der Waals surface area contributed by atoms with E-state index >= 15 is 0 Å². The minimum Gasteiger partial charge on any atom is -0.457 e. The van der Waals surface area contributed by atoms with Gasteiger partial charge in [-0.3, -0.25) is 0 Å². The van der Waals surface area contributed by atoms with Crippen molar-refractivity contribution in [3.8, 4) is 11.5 Å². The average molecular weight is 341 g/mol. The number of rotatable bonds is 2. The van der Waals surface area contributed by atoms with E-state index in [2.05, 4.69) is 4.74 Å². The number of epoxide rings is 1. The molecule has 0 aromatic heterocycles. The van der Waals surface area contributed by atoms with Gasteiger partial charge in [-0.15, -0.1) is 0 Å². The van der Waals surface area contributed by atoms with E-state index in [1.807, 2.05) is 60.7 Å². The van der Waals surface area contributed by atoms with Crippen molar-refractivity contribution in [1.82, 2.24) is 0 Å². The standard InChI is InChI=1S/C12H10O.C9H18.C2H4O/c1-3-7-11(8-4-1)13-12-9-5-2-6-10-12;1-2-4-6-8-9-7-5-3-1;1-2-3-1/h1-10H;1-9H2;1-2H2. The maximum Gasteiger partial charge on any atom is 0.127 e. The maximum absolute atomic E-state index is 5.58. The van der Waals surface area contributed by atoms with Crippen molar-refractivity contribution >= 4 is 0 Å². The Bertz CT molecular complexity index is 454. The molecular formula is C23H32O2. The predicted molar refractivity (Wildman–Crippen MR) is 105 cm³/mol. The third-order valence-corrected chi connectivity index (χ3v) is 4.18. The molecule has 1 saturated carbocycles. The summed E-state index contributed by atoms with van der Waals surface area (Å²) in [6.07, 6.45) is 13.5. The second kappa shape index (κ2) is 13.5. The first kappa shape index (κ1) is 19.5. The normalized spacial score (nSPS) is 16.5. The number of para-hydroxylation sites is 2. The van der Waals surface area contributed by atoms with Gasteiger partial charge in [0.15, 0.2) is 0 Å². The van der Waals surface area contributed by atoms with E-state index in [4.69, 9.17) is 4.74 Å². The minimum absolute atomic E-state index is 0.869. The van der Waals surface area contributed by atoms with Crippen molar-refractivity contribution < 1.29 is 9.47 Å². The van der Waals surface area contributed by atoms with Crippen molar-refractivity contribution in [2.24, 2.45) is 0 Å². The largest absolute Gasteiger partial charge is 0.457 e. The molecule has 1 aliphatic heterocycles. The van der Waals surface area contributed by atoms with Gasteiger partial charge in [0.25, 0.3) is 0 Å². The lowest BCUT2D eigenvalue weighted by Crippen LogP contribution is -1.81. The summed E-state index contributed by atoms with van der Waals surface area (Å²) in [6, 6.07) is 19.5. The summed E-state index contributed by atoms with van der Waals surface area (Å²) in [7, 11) is 0. The van der Waals surface area contributed by atoms with E-state index in [1.165, 1.54) is 57.8 Å². The smallest absolute Gasteiger partial charge is 0.127 e. The number of hydrogen-bond acceptors (Lipinski definition) is 2. The molecule has 2 aliphatic rings. The minimum atomic E-state index is 0.869. The van der Waals surface area contributed by atoms with Gasteiger partial charge >= 0.3 is 0 Å². The summed E-state index contributed by atoms with van der Waals surface area (Å²) >= 11 is 0. The summed E-state index contributed by atoms with van der Waals surface area (Å²) < 4.78 is 10.1. The molecule has 0 unspecified atom stereocenters. The van der Waals surface area contributed by atoms with Crippen LogP contribution in [0.25, 0.3) is 0 Å². The highest BCUT2D eigenvalue weighted by atomic mass is 16.6. The molecule has 2 nitrogen and oxygen atoms in total. The van der Waals surface area contributed by atoms with Gasteiger partial charge in [0.05, 0.1) is 13.2 Å². The Morgan fingerprint density at radius 3 is 1.00 bits per heavy atom. The summed E-state index contributed by atoms with van der Waals surface area (Å²) in [5.74, 6) is 1.74. The lowest BCUT2D eigenvalue weighted by Gasteiger charge is -2.03. The summed E-state index contributed by atoms with van der Waals surface area (Å²) in [4.78, 5) is 0. The second-order valence-corrected chi connectivity index (χ2v) is 6.52. The van der Waals surface area contributed by atoms with Crippen LogP contribution in [0, 0.1) is 0 Å². The molecule has 0 spiro atoms. The van der Waals surface area contributed by atoms with Gasteiger partial charge in [0, 0.05) is 0 Å². The quantitative estimate of drug-likeness (QED) is 0.549. The average Bonchev–Trinajstić information content (AvgIpc) is 3.53. The first-order valence-electron chi connectivity index (χ1n) is 9.81. The van der Waals surface area contributed by atoms with Gasteiger partial charge in [0.2, 0.25) is 0 Å². The van der Waals surface area contributed by atoms with E-state index in [0.29, 0.717) is 0 Å². The van der Waals surface area contributed by atoms with Gasteiger partial charge in [-0.05, 0) is 24.3 Å². The van der Waals surface area contributed by atoms with Crippen molar-refractivity contribution in [2.75, 3.05) is 13.2 Å². The van der Waals surface area contributed by atoms with Crippen LogP contribution in [-0.2, 0) is 4.74 Å². The zero-order valence-corrected chi connectivity index (χ0v) is 15.4. The molecule has 0 radical (unpaired) electrons.